The van der Waals surface area contributed by atoms with Gasteiger partial charge >= 0.3 is 29.2 Å². The van der Waals surface area contributed by atoms with Crippen LogP contribution in [-0.2, 0) is 31.6 Å². The molecule has 0 bridgehead atoms. The van der Waals surface area contributed by atoms with Crippen molar-refractivity contribution in [3.63, 3.8) is 0 Å². The molecule has 8 N–H and O–H groups in total. The third-order valence-electron chi connectivity index (χ3n) is 4.22. The number of ether oxygens (including phenoxy) is 1. The van der Waals surface area contributed by atoms with E-state index in [0.29, 0.717) is 10.8 Å². The molecule has 1 fully saturated rings. The number of phosphoric acid groups is 3. The van der Waals surface area contributed by atoms with Crippen molar-refractivity contribution in [3.05, 3.63) is 32.9 Å². The zero-order valence-corrected chi connectivity index (χ0v) is 19.8. The molecule has 3 unspecified atom stereocenters. The van der Waals surface area contributed by atoms with Gasteiger partial charge in [0.2, 0.25) is 5.82 Å². The minimum atomic E-state index is -5.87. The van der Waals surface area contributed by atoms with E-state index in [0.717, 1.165) is 6.92 Å². The zero-order chi connectivity index (χ0) is 27.0. The average molecular weight is 571 g/mol. The zero-order valence-electron chi connectivity index (χ0n) is 17.1. The van der Waals surface area contributed by atoms with Gasteiger partial charge < -0.3 is 35.2 Å². The van der Waals surface area contributed by atoms with E-state index >= 15 is 0 Å². The average Bonchev–Trinajstić information content (AvgIpc) is 2.91. The normalized spacial score (nSPS) is 29.0. The molecule has 0 spiro atoms. The van der Waals surface area contributed by atoms with Crippen LogP contribution in [0.2, 0.25) is 0 Å². The van der Waals surface area contributed by atoms with Gasteiger partial charge in [-0.2, -0.15) is 13.0 Å². The second kappa shape index (κ2) is 10.4. The molecule has 1 aliphatic rings. The molecule has 0 saturated carbocycles. The summed E-state index contributed by atoms with van der Waals surface area (Å²) in [6, 6.07) is 0. The van der Waals surface area contributed by atoms with E-state index in [2.05, 4.69) is 19.1 Å². The first kappa shape index (κ1) is 29.6. The fraction of sp³-hybridized carbons (Fsp3) is 0.538. The Morgan fingerprint density at radius 3 is 2.40 bits per heavy atom. The van der Waals surface area contributed by atoms with Gasteiger partial charge in [0.25, 0.3) is 5.56 Å². The van der Waals surface area contributed by atoms with E-state index < -0.39 is 77.3 Å². The molecule has 1 saturated heterocycles. The number of aliphatic hydroxyl groups is 1. The summed E-state index contributed by atoms with van der Waals surface area (Å²) < 4.78 is 78.0. The Bertz CT molecular complexity index is 1290. The third kappa shape index (κ3) is 7.21. The summed E-state index contributed by atoms with van der Waals surface area (Å²) in [7, 11) is -17.2. The molecule has 0 aromatic carbocycles. The molecule has 2 heterocycles. The van der Waals surface area contributed by atoms with E-state index in [4.69, 9.17) is 20.3 Å². The van der Waals surface area contributed by atoms with Gasteiger partial charge in [0, 0.05) is 0 Å². The number of aliphatic hydroxyl groups excluding tert-OH is 1. The summed E-state index contributed by atoms with van der Waals surface area (Å²) >= 11 is 0. The minimum Gasteiger partial charge on any atom is -0.387 e. The largest absolute Gasteiger partial charge is 0.490 e. The molecule has 1 aromatic rings. The number of nitrogens with one attached hydrogen (secondary N) is 1. The molecule has 2 rings (SSSR count). The molecule has 17 nitrogen and oxygen atoms in total. The molecular formula is C13H18F2N3O14P3. The minimum absolute atomic E-state index is 0.340. The summed E-state index contributed by atoms with van der Waals surface area (Å²) in [5, 5.41) is 10.7. The Hall–Kier alpha value is -1.61. The maximum atomic E-state index is 13.8. The van der Waals surface area contributed by atoms with Gasteiger partial charge in [0.05, 0.1) is 12.3 Å². The first-order chi connectivity index (χ1) is 15.8. The number of rotatable bonds is 8. The number of hydrogen-bond acceptors (Lipinski definition) is 11. The van der Waals surface area contributed by atoms with Crippen molar-refractivity contribution in [1.82, 2.24) is 9.55 Å². The number of halogens is 2. The molecule has 22 heteroatoms. The first-order valence-corrected chi connectivity index (χ1v) is 13.4. The lowest BCUT2D eigenvalue weighted by Crippen LogP contribution is -2.56. The van der Waals surface area contributed by atoms with Gasteiger partial charge in [-0.15, -0.1) is 0 Å². The van der Waals surface area contributed by atoms with Crippen LogP contribution < -0.4 is 17.0 Å². The molecule has 0 aliphatic carbocycles. The van der Waals surface area contributed by atoms with Crippen LogP contribution in [0.1, 0.15) is 13.2 Å². The summed E-state index contributed by atoms with van der Waals surface area (Å²) in [5.41, 5.74) is 0.852. The van der Waals surface area contributed by atoms with Gasteiger partial charge in [-0.25, -0.2) is 22.9 Å². The van der Waals surface area contributed by atoms with Crippen molar-refractivity contribution >= 4 is 23.5 Å². The predicted molar refractivity (Wildman–Crippen MR) is 106 cm³/mol. The standard InChI is InChI=1S/C13H18F2N3O14P3/c1-6(30-34(25,26)32-35(27,28)31-33(22,23)24)8-9(19)13(16,3-2-4-14)11(29-8)18-5-7(15)10(20)17-12(18)21/h5-6,8-9,11,19H,4,16H2,1H3,(H,25,26)(H,27,28)(H,17,20,21)(H2,22,23,24)/t6-,8+,9-,11+,13?/m0/s1. The summed E-state index contributed by atoms with van der Waals surface area (Å²) in [6.07, 6.45) is -7.40. The van der Waals surface area contributed by atoms with Crippen LogP contribution in [0.3, 0.4) is 0 Å². The van der Waals surface area contributed by atoms with Gasteiger partial charge in [-0.3, -0.25) is 18.9 Å². The highest BCUT2D eigenvalue weighted by Crippen LogP contribution is 2.66. The monoisotopic (exact) mass is 571 g/mol. The summed E-state index contributed by atoms with van der Waals surface area (Å²) in [6.45, 7) is -0.386. The Morgan fingerprint density at radius 2 is 1.86 bits per heavy atom. The van der Waals surface area contributed by atoms with Crippen molar-refractivity contribution in [1.29, 1.82) is 0 Å². The predicted octanol–water partition coefficient (Wildman–Crippen LogP) is -1.66. The number of phosphoric ester groups is 1. The first-order valence-electron chi connectivity index (χ1n) is 8.83. The summed E-state index contributed by atoms with van der Waals surface area (Å²) in [4.78, 5) is 61.0. The molecule has 1 aromatic heterocycles. The number of aromatic nitrogens is 2. The van der Waals surface area contributed by atoms with Crippen LogP contribution >= 0.6 is 23.5 Å². The lowest BCUT2D eigenvalue weighted by molar-refractivity contribution is -0.0757. The van der Waals surface area contributed by atoms with E-state index in [-0.39, 0.29) is 0 Å². The maximum Gasteiger partial charge on any atom is 0.490 e. The second-order valence-electron chi connectivity index (χ2n) is 6.81. The highest BCUT2D eigenvalue weighted by Gasteiger charge is 2.57. The lowest BCUT2D eigenvalue weighted by Gasteiger charge is -2.28. The van der Waals surface area contributed by atoms with Gasteiger partial charge in [-0.1, -0.05) is 11.8 Å². The molecule has 7 atom stereocenters. The second-order valence-corrected chi connectivity index (χ2v) is 11.2. The van der Waals surface area contributed by atoms with Crippen molar-refractivity contribution in [2.45, 2.75) is 37.0 Å². The molecule has 0 amide bonds. The maximum absolute atomic E-state index is 13.8. The highest BCUT2D eigenvalue weighted by atomic mass is 31.3. The number of nitrogens with two attached hydrogens (primary N) is 1. The smallest absolute Gasteiger partial charge is 0.387 e. The van der Waals surface area contributed by atoms with Crippen LogP contribution in [0.5, 0.6) is 0 Å². The molecule has 35 heavy (non-hydrogen) atoms. The fourth-order valence-corrected chi connectivity index (χ4v) is 6.14. The Morgan fingerprint density at radius 1 is 1.26 bits per heavy atom. The molecule has 1 aliphatic heterocycles. The van der Waals surface area contributed by atoms with Gasteiger partial charge in [0.1, 0.15) is 18.9 Å². The Balaban J connectivity index is 2.39. The quantitative estimate of drug-likeness (QED) is 0.136. The van der Waals surface area contributed by atoms with E-state index in [1.54, 1.807) is 4.98 Å². The van der Waals surface area contributed by atoms with E-state index in [1.807, 2.05) is 5.92 Å². The van der Waals surface area contributed by atoms with Crippen LogP contribution in [-0.4, -0.2) is 64.8 Å². The van der Waals surface area contributed by atoms with Crippen molar-refractivity contribution in [3.8, 4) is 11.8 Å². The van der Waals surface area contributed by atoms with E-state index in [9.17, 15) is 47.0 Å². The molecule has 198 valence electrons. The van der Waals surface area contributed by atoms with Crippen molar-refractivity contribution < 1.29 is 65.0 Å². The van der Waals surface area contributed by atoms with Gasteiger partial charge in [0.15, 0.2) is 11.8 Å². The number of aromatic amines is 1. The topological polar surface area (TPSA) is 270 Å². The molecular weight excluding hydrogens is 553 g/mol. The summed E-state index contributed by atoms with van der Waals surface area (Å²) in [5.74, 6) is 2.45. The van der Waals surface area contributed by atoms with Crippen LogP contribution in [0, 0.1) is 17.7 Å². The fourth-order valence-electron chi connectivity index (χ4n) is 2.94. The van der Waals surface area contributed by atoms with Crippen molar-refractivity contribution in [2.24, 2.45) is 5.73 Å². The highest BCUT2D eigenvalue weighted by molar-refractivity contribution is 7.66. The Labute approximate surface area is 192 Å². The SMILES string of the molecule is C[C@H](OP(=O)(O)OP(=O)(O)OP(=O)(O)O)[C@H]1O[C@@H](n2cc(F)c(=O)[nH]c2=O)C(N)(C#CCF)[C@H]1O. The number of hydrogen-bond donors (Lipinski definition) is 7. The number of alkyl halides is 1. The number of nitrogens with zero attached hydrogens (tertiary/aromatic N) is 1. The molecule has 0 radical (unpaired) electrons. The lowest BCUT2D eigenvalue weighted by atomic mass is 9.90. The van der Waals surface area contributed by atoms with Gasteiger partial charge in [-0.05, 0) is 6.92 Å². The van der Waals surface area contributed by atoms with Crippen molar-refractivity contribution in [2.75, 3.05) is 6.67 Å². The Kier molecular flexibility index (Phi) is 8.80. The van der Waals surface area contributed by atoms with Crippen LogP contribution in [0.25, 0.3) is 0 Å². The number of H-pyrrole nitrogens is 1. The third-order valence-corrected chi connectivity index (χ3v) is 8.15. The van der Waals surface area contributed by atoms with E-state index in [1.165, 1.54) is 0 Å². The van der Waals surface area contributed by atoms with Crippen LogP contribution in [0.15, 0.2) is 15.8 Å². The van der Waals surface area contributed by atoms with Crippen LogP contribution in [0.4, 0.5) is 8.78 Å².